The number of nitrogens with zero attached hydrogens (tertiary/aromatic N) is 2. The Hall–Kier alpha value is -2.14. The van der Waals surface area contributed by atoms with Gasteiger partial charge in [-0.3, -0.25) is 0 Å². The van der Waals surface area contributed by atoms with Gasteiger partial charge in [-0.2, -0.15) is 0 Å². The topological polar surface area (TPSA) is 69.2 Å². The van der Waals surface area contributed by atoms with Gasteiger partial charge in [-0.15, -0.1) is 0 Å². The molecule has 0 radical (unpaired) electrons. The third-order valence-corrected chi connectivity index (χ3v) is 5.07. The fraction of sp³-hybridized carbons (Fsp3) is 0.600. The summed E-state index contributed by atoms with van der Waals surface area (Å²) >= 11 is 0. The molecule has 30 heavy (non-hydrogen) atoms. The zero-order chi connectivity index (χ0) is 22.0. The highest BCUT2D eigenvalue weighted by molar-refractivity contribution is 5.68. The Labute approximate surface area is 182 Å². The Morgan fingerprint density at radius 2 is 1.53 bits per heavy atom. The highest BCUT2D eigenvalue weighted by Crippen LogP contribution is 2.10. The van der Waals surface area contributed by atoms with Crippen molar-refractivity contribution >= 4 is 5.97 Å². The standard InChI is InChI=1S/C22H35N2.C3H6O3/c1-2-3-4-5-6-7-8-9-10-14-17-23-18-19-24(21-23)20-22-15-12-11-13-16-22;1-2(4)3(5)6/h11-13,15-16,18-19,21H,2-10,14,17,20H2,1H3;2,4H,1H3,(H,5,6)/q+1;/p-1. The van der Waals surface area contributed by atoms with Gasteiger partial charge in [0.05, 0.1) is 18.6 Å². The highest BCUT2D eigenvalue weighted by Gasteiger charge is 2.04. The molecular formula is C25H40N2O3. The second kappa shape index (κ2) is 16.6. The van der Waals surface area contributed by atoms with E-state index in [9.17, 15) is 9.90 Å². The van der Waals surface area contributed by atoms with Crippen LogP contribution in [-0.2, 0) is 17.9 Å². The zero-order valence-electron chi connectivity index (χ0n) is 18.8. The molecule has 0 saturated heterocycles. The molecule has 1 atom stereocenters. The summed E-state index contributed by atoms with van der Waals surface area (Å²) in [5, 5.41) is 17.3. The van der Waals surface area contributed by atoms with Crippen LogP contribution in [0.3, 0.4) is 0 Å². The fourth-order valence-corrected chi connectivity index (χ4v) is 3.24. The van der Waals surface area contributed by atoms with Crippen molar-refractivity contribution in [3.05, 3.63) is 54.6 Å². The molecule has 0 spiro atoms. The van der Waals surface area contributed by atoms with Crippen LogP contribution in [0.5, 0.6) is 0 Å². The van der Waals surface area contributed by atoms with Crippen molar-refractivity contribution in [1.82, 2.24) is 4.57 Å². The Morgan fingerprint density at radius 1 is 1.00 bits per heavy atom. The second-order valence-corrected chi connectivity index (χ2v) is 7.99. The number of imidazole rings is 1. The van der Waals surface area contributed by atoms with Gasteiger partial charge >= 0.3 is 0 Å². The lowest BCUT2D eigenvalue weighted by Crippen LogP contribution is -2.32. The summed E-state index contributed by atoms with van der Waals surface area (Å²) in [6.45, 7) is 5.54. The average molecular weight is 417 g/mol. The first-order valence-electron chi connectivity index (χ1n) is 11.5. The molecule has 1 aromatic carbocycles. The number of aliphatic hydroxyl groups excluding tert-OH is 1. The Balaban J connectivity index is 0.000000656. The van der Waals surface area contributed by atoms with Crippen LogP contribution in [0, 0.1) is 0 Å². The highest BCUT2D eigenvalue weighted by atomic mass is 16.4. The second-order valence-electron chi connectivity index (χ2n) is 7.99. The van der Waals surface area contributed by atoms with E-state index in [1.807, 2.05) is 0 Å². The molecule has 168 valence electrons. The number of carbonyl (C=O) groups is 1. The number of hydrogen-bond donors (Lipinski definition) is 1. The Morgan fingerprint density at radius 3 is 2.07 bits per heavy atom. The van der Waals surface area contributed by atoms with Crippen LogP contribution in [-0.4, -0.2) is 21.7 Å². The number of unbranched alkanes of at least 4 members (excludes halogenated alkanes) is 9. The third kappa shape index (κ3) is 13.2. The number of carboxylic acids is 1. The number of carboxylic acid groups (broad SMARTS) is 1. The molecular weight excluding hydrogens is 376 g/mol. The third-order valence-electron chi connectivity index (χ3n) is 5.07. The lowest BCUT2D eigenvalue weighted by atomic mass is 10.1. The molecule has 5 nitrogen and oxygen atoms in total. The van der Waals surface area contributed by atoms with E-state index in [4.69, 9.17) is 5.11 Å². The number of hydrogen-bond acceptors (Lipinski definition) is 3. The van der Waals surface area contributed by atoms with E-state index in [0.717, 1.165) is 20.0 Å². The van der Waals surface area contributed by atoms with Crippen molar-refractivity contribution in [2.24, 2.45) is 0 Å². The zero-order valence-corrected chi connectivity index (χ0v) is 18.8. The lowest BCUT2D eigenvalue weighted by Gasteiger charge is -2.01. The van der Waals surface area contributed by atoms with Gasteiger partial charge in [0.1, 0.15) is 18.9 Å². The van der Waals surface area contributed by atoms with Crippen molar-refractivity contribution < 1.29 is 19.6 Å². The number of aryl methyl sites for hydroxylation is 1. The number of rotatable bonds is 14. The van der Waals surface area contributed by atoms with Crippen molar-refractivity contribution in [2.75, 3.05) is 0 Å². The van der Waals surface area contributed by atoms with E-state index in [0.29, 0.717) is 0 Å². The molecule has 1 heterocycles. The van der Waals surface area contributed by atoms with Crippen LogP contribution in [0.4, 0.5) is 0 Å². The van der Waals surface area contributed by atoms with Gasteiger partial charge in [0.25, 0.3) is 0 Å². The summed E-state index contributed by atoms with van der Waals surface area (Å²) in [5.74, 6) is -1.44. The van der Waals surface area contributed by atoms with Gasteiger partial charge in [0, 0.05) is 0 Å². The van der Waals surface area contributed by atoms with Crippen LogP contribution >= 0.6 is 0 Å². The first-order chi connectivity index (χ1) is 14.5. The molecule has 0 aliphatic heterocycles. The molecule has 5 heteroatoms. The van der Waals surface area contributed by atoms with Crippen molar-refractivity contribution in [1.29, 1.82) is 0 Å². The smallest absolute Gasteiger partial charge is 0.244 e. The normalized spacial score (nSPS) is 11.6. The van der Waals surface area contributed by atoms with Crippen LogP contribution in [0.15, 0.2) is 49.1 Å². The first kappa shape index (κ1) is 25.9. The molecule has 0 amide bonds. The van der Waals surface area contributed by atoms with Crippen molar-refractivity contribution in [3.63, 3.8) is 0 Å². The summed E-state index contributed by atoms with van der Waals surface area (Å²) in [7, 11) is 0. The van der Waals surface area contributed by atoms with Crippen LogP contribution < -0.4 is 9.67 Å². The van der Waals surface area contributed by atoms with Gasteiger partial charge in [-0.05, 0) is 25.3 Å². The number of aromatic nitrogens is 2. The van der Waals surface area contributed by atoms with Gasteiger partial charge in [0.15, 0.2) is 0 Å². The number of benzene rings is 1. The molecule has 0 saturated carbocycles. The Bertz CT molecular complexity index is 668. The molecule has 0 aliphatic rings. The van der Waals surface area contributed by atoms with E-state index >= 15 is 0 Å². The van der Waals surface area contributed by atoms with Crippen molar-refractivity contribution in [3.8, 4) is 0 Å². The molecule has 2 rings (SSSR count). The molecule has 1 aromatic heterocycles. The largest absolute Gasteiger partial charge is 0.547 e. The van der Waals surface area contributed by atoms with E-state index < -0.39 is 12.1 Å². The van der Waals surface area contributed by atoms with Gasteiger partial charge in [-0.25, -0.2) is 9.13 Å². The van der Waals surface area contributed by atoms with E-state index in [1.54, 1.807) is 0 Å². The van der Waals surface area contributed by atoms with E-state index in [1.165, 1.54) is 69.8 Å². The lowest BCUT2D eigenvalue weighted by molar-refractivity contribution is -0.687. The van der Waals surface area contributed by atoms with Crippen LogP contribution in [0.25, 0.3) is 0 Å². The molecule has 1 unspecified atom stereocenters. The van der Waals surface area contributed by atoms with E-state index in [2.05, 4.69) is 65.1 Å². The summed E-state index contributed by atoms with van der Waals surface area (Å²) in [6, 6.07) is 10.7. The average Bonchev–Trinajstić information content (AvgIpc) is 3.17. The molecule has 2 aromatic rings. The van der Waals surface area contributed by atoms with Crippen LogP contribution in [0.2, 0.25) is 0 Å². The molecule has 0 fully saturated rings. The maximum Gasteiger partial charge on any atom is 0.244 e. The first-order valence-corrected chi connectivity index (χ1v) is 11.5. The van der Waals surface area contributed by atoms with Crippen molar-refractivity contribution in [2.45, 2.75) is 97.2 Å². The summed E-state index contributed by atoms with van der Waals surface area (Å²) in [6.07, 6.45) is 19.3. The van der Waals surface area contributed by atoms with E-state index in [-0.39, 0.29) is 0 Å². The van der Waals surface area contributed by atoms with Gasteiger partial charge in [-0.1, -0.05) is 88.6 Å². The summed E-state index contributed by atoms with van der Waals surface area (Å²) in [5.41, 5.74) is 1.36. The number of aliphatic carboxylic acids is 1. The monoisotopic (exact) mass is 416 g/mol. The SMILES string of the molecule is CC(O)C(=O)[O-].CCCCCCCCCCCCn1cc[n+](Cc2ccccc2)c1. The molecule has 0 bridgehead atoms. The number of carbonyl (C=O) groups excluding carboxylic acids is 1. The summed E-state index contributed by atoms with van der Waals surface area (Å²) in [4.78, 5) is 9.34. The number of aliphatic hydroxyl groups is 1. The fourth-order valence-electron chi connectivity index (χ4n) is 3.24. The predicted molar refractivity (Wildman–Crippen MR) is 119 cm³/mol. The van der Waals surface area contributed by atoms with Gasteiger partial charge in [0.2, 0.25) is 6.33 Å². The molecule has 1 N–H and O–H groups in total. The summed E-state index contributed by atoms with van der Waals surface area (Å²) < 4.78 is 4.60. The maximum absolute atomic E-state index is 9.34. The minimum Gasteiger partial charge on any atom is -0.547 e. The minimum absolute atomic E-state index is 0.964. The predicted octanol–water partition coefficient (Wildman–Crippen LogP) is 3.86. The van der Waals surface area contributed by atoms with Crippen LogP contribution in [0.1, 0.15) is 83.6 Å². The quantitative estimate of drug-likeness (QED) is 0.375. The minimum atomic E-state index is -1.44. The Kier molecular flexibility index (Phi) is 14.4. The van der Waals surface area contributed by atoms with Gasteiger partial charge < -0.3 is 15.0 Å². The maximum atomic E-state index is 9.34. The molecule has 0 aliphatic carbocycles.